The molecule has 0 N–H and O–H groups in total. The highest BCUT2D eigenvalue weighted by atomic mass is 16.5. The van der Waals surface area contributed by atoms with Crippen LogP contribution in [0.15, 0.2) is 30.3 Å². The largest absolute Gasteiger partial charge is 0.373 e. The third kappa shape index (κ3) is 3.97. The Morgan fingerprint density at radius 3 is 2.06 bits per heavy atom. The molecule has 1 aromatic carbocycles. The molecule has 1 nitrogen and oxygen atoms in total. The van der Waals surface area contributed by atoms with E-state index in [9.17, 15) is 0 Å². The van der Waals surface area contributed by atoms with E-state index in [1.165, 1.54) is 5.56 Å². The van der Waals surface area contributed by atoms with Crippen LogP contribution in [0.3, 0.4) is 0 Å². The second-order valence-electron chi connectivity index (χ2n) is 5.83. The van der Waals surface area contributed by atoms with Crippen LogP contribution in [0.25, 0.3) is 0 Å². The minimum atomic E-state index is 0.197. The molecule has 0 saturated carbocycles. The molecule has 0 aromatic heterocycles. The Kier molecular flexibility index (Phi) is 4.55. The van der Waals surface area contributed by atoms with Crippen molar-refractivity contribution in [2.45, 2.75) is 47.3 Å². The Bertz CT molecular complexity index is 295. The zero-order valence-electron chi connectivity index (χ0n) is 11.2. The summed E-state index contributed by atoms with van der Waals surface area (Å²) in [5.41, 5.74) is 1.44. The van der Waals surface area contributed by atoms with E-state index in [-0.39, 0.29) is 5.41 Å². The molecule has 0 radical (unpaired) electrons. The molecule has 1 rings (SSSR count). The SMILES string of the molecule is CC(C)C(OCc1ccccc1)C(C)(C)C. The van der Waals surface area contributed by atoms with Crippen molar-refractivity contribution in [3.63, 3.8) is 0 Å². The van der Waals surface area contributed by atoms with Gasteiger partial charge in [-0.05, 0) is 16.9 Å². The Morgan fingerprint density at radius 2 is 1.62 bits per heavy atom. The van der Waals surface area contributed by atoms with Crippen LogP contribution >= 0.6 is 0 Å². The Hall–Kier alpha value is -0.820. The second-order valence-corrected chi connectivity index (χ2v) is 5.83. The summed E-state index contributed by atoms with van der Waals surface area (Å²) in [6.45, 7) is 11.9. The van der Waals surface area contributed by atoms with E-state index >= 15 is 0 Å². The molecule has 1 unspecified atom stereocenters. The fourth-order valence-electron chi connectivity index (χ4n) is 2.20. The molecule has 0 saturated heterocycles. The highest BCUT2D eigenvalue weighted by molar-refractivity contribution is 5.13. The van der Waals surface area contributed by atoms with E-state index in [0.717, 1.165) is 0 Å². The summed E-state index contributed by atoms with van der Waals surface area (Å²) in [5.74, 6) is 0.545. The van der Waals surface area contributed by atoms with Crippen molar-refractivity contribution in [1.82, 2.24) is 0 Å². The lowest BCUT2D eigenvalue weighted by Crippen LogP contribution is -2.33. The third-order valence-electron chi connectivity index (χ3n) is 2.73. The van der Waals surface area contributed by atoms with Gasteiger partial charge in [0.05, 0.1) is 12.7 Å². The molecule has 90 valence electrons. The first-order chi connectivity index (χ1) is 7.41. The molecule has 0 amide bonds. The van der Waals surface area contributed by atoms with Crippen LogP contribution in [0, 0.1) is 11.3 Å². The maximum Gasteiger partial charge on any atom is 0.0721 e. The molecule has 0 heterocycles. The summed E-state index contributed by atoms with van der Waals surface area (Å²) in [4.78, 5) is 0. The smallest absolute Gasteiger partial charge is 0.0721 e. The van der Waals surface area contributed by atoms with Gasteiger partial charge >= 0.3 is 0 Å². The van der Waals surface area contributed by atoms with Gasteiger partial charge in [0.2, 0.25) is 0 Å². The predicted octanol–water partition coefficient (Wildman–Crippen LogP) is 4.27. The maximum absolute atomic E-state index is 6.05. The van der Waals surface area contributed by atoms with Gasteiger partial charge in [0.25, 0.3) is 0 Å². The molecular formula is C15H24O. The average molecular weight is 220 g/mol. The summed E-state index contributed by atoms with van der Waals surface area (Å²) in [5, 5.41) is 0. The molecule has 1 heteroatoms. The molecule has 0 aliphatic rings. The van der Waals surface area contributed by atoms with Gasteiger partial charge in [0, 0.05) is 0 Å². The normalized spacial score (nSPS) is 14.1. The lowest BCUT2D eigenvalue weighted by molar-refractivity contribution is -0.0558. The fourth-order valence-corrected chi connectivity index (χ4v) is 2.20. The van der Waals surface area contributed by atoms with Crippen molar-refractivity contribution in [2.75, 3.05) is 0 Å². The number of ether oxygens (including phenoxy) is 1. The van der Waals surface area contributed by atoms with E-state index in [1.807, 2.05) is 6.07 Å². The minimum absolute atomic E-state index is 0.197. The summed E-state index contributed by atoms with van der Waals surface area (Å²) < 4.78 is 6.05. The molecule has 0 fully saturated rings. The molecule has 16 heavy (non-hydrogen) atoms. The monoisotopic (exact) mass is 220 g/mol. The molecule has 1 atom stereocenters. The van der Waals surface area contributed by atoms with Crippen molar-refractivity contribution in [3.8, 4) is 0 Å². The van der Waals surface area contributed by atoms with Crippen molar-refractivity contribution >= 4 is 0 Å². The van der Waals surface area contributed by atoms with Gasteiger partial charge in [-0.25, -0.2) is 0 Å². The van der Waals surface area contributed by atoms with Gasteiger partial charge in [0.15, 0.2) is 0 Å². The van der Waals surface area contributed by atoms with Crippen LogP contribution in [0.2, 0.25) is 0 Å². The van der Waals surface area contributed by atoms with Gasteiger partial charge in [0.1, 0.15) is 0 Å². The topological polar surface area (TPSA) is 9.23 Å². The van der Waals surface area contributed by atoms with E-state index in [1.54, 1.807) is 0 Å². The van der Waals surface area contributed by atoms with E-state index in [2.05, 4.69) is 58.9 Å². The predicted molar refractivity (Wildman–Crippen MR) is 69.3 cm³/mol. The van der Waals surface area contributed by atoms with Crippen LogP contribution in [-0.2, 0) is 11.3 Å². The van der Waals surface area contributed by atoms with Gasteiger partial charge in [-0.2, -0.15) is 0 Å². The first kappa shape index (κ1) is 13.2. The van der Waals surface area contributed by atoms with Crippen molar-refractivity contribution in [2.24, 2.45) is 11.3 Å². The average Bonchev–Trinajstić information content (AvgIpc) is 2.17. The first-order valence-electron chi connectivity index (χ1n) is 6.07. The zero-order chi connectivity index (χ0) is 12.2. The van der Waals surface area contributed by atoms with Crippen LogP contribution < -0.4 is 0 Å². The quantitative estimate of drug-likeness (QED) is 0.736. The van der Waals surface area contributed by atoms with Crippen molar-refractivity contribution in [1.29, 1.82) is 0 Å². The Labute approximate surface area is 99.8 Å². The number of hydrogen-bond acceptors (Lipinski definition) is 1. The Balaban J connectivity index is 2.58. The molecule has 0 aliphatic carbocycles. The summed E-state index contributed by atoms with van der Waals surface area (Å²) in [6.07, 6.45) is 0.299. The van der Waals surface area contributed by atoms with Crippen molar-refractivity contribution in [3.05, 3.63) is 35.9 Å². The zero-order valence-corrected chi connectivity index (χ0v) is 11.2. The van der Waals surface area contributed by atoms with E-state index in [4.69, 9.17) is 4.74 Å². The number of benzene rings is 1. The molecule has 0 spiro atoms. The molecular weight excluding hydrogens is 196 g/mol. The number of hydrogen-bond donors (Lipinski definition) is 0. The summed E-state index contributed by atoms with van der Waals surface area (Å²) in [7, 11) is 0. The summed E-state index contributed by atoms with van der Waals surface area (Å²) >= 11 is 0. The number of rotatable bonds is 4. The van der Waals surface area contributed by atoms with Gasteiger partial charge < -0.3 is 4.74 Å². The van der Waals surface area contributed by atoms with Crippen LogP contribution in [0.4, 0.5) is 0 Å². The highest BCUT2D eigenvalue weighted by Gasteiger charge is 2.28. The maximum atomic E-state index is 6.05. The molecule has 0 aliphatic heterocycles. The van der Waals surface area contributed by atoms with Crippen LogP contribution in [-0.4, -0.2) is 6.10 Å². The third-order valence-corrected chi connectivity index (χ3v) is 2.73. The standard InChI is InChI=1S/C15H24O/c1-12(2)14(15(3,4)5)16-11-13-9-7-6-8-10-13/h6-10,12,14H,11H2,1-5H3. The fraction of sp³-hybridized carbons (Fsp3) is 0.600. The lowest BCUT2D eigenvalue weighted by atomic mass is 9.82. The lowest BCUT2D eigenvalue weighted by Gasteiger charge is -2.33. The summed E-state index contributed by atoms with van der Waals surface area (Å²) in [6, 6.07) is 10.4. The Morgan fingerprint density at radius 1 is 1.06 bits per heavy atom. The van der Waals surface area contributed by atoms with Crippen LogP contribution in [0.5, 0.6) is 0 Å². The molecule has 0 bridgehead atoms. The van der Waals surface area contributed by atoms with Crippen molar-refractivity contribution < 1.29 is 4.74 Å². The second kappa shape index (κ2) is 5.49. The van der Waals surface area contributed by atoms with Gasteiger partial charge in [-0.1, -0.05) is 65.0 Å². The highest BCUT2D eigenvalue weighted by Crippen LogP contribution is 2.28. The van der Waals surface area contributed by atoms with Crippen LogP contribution in [0.1, 0.15) is 40.2 Å². The van der Waals surface area contributed by atoms with E-state index < -0.39 is 0 Å². The van der Waals surface area contributed by atoms with Gasteiger partial charge in [-0.15, -0.1) is 0 Å². The first-order valence-corrected chi connectivity index (χ1v) is 6.07. The molecule has 1 aromatic rings. The van der Waals surface area contributed by atoms with Gasteiger partial charge in [-0.3, -0.25) is 0 Å². The minimum Gasteiger partial charge on any atom is -0.373 e. The van der Waals surface area contributed by atoms with E-state index in [0.29, 0.717) is 18.6 Å².